The van der Waals surface area contributed by atoms with Gasteiger partial charge in [-0.15, -0.1) is 0 Å². The van der Waals surface area contributed by atoms with E-state index in [0.717, 1.165) is 45.0 Å². The lowest BCUT2D eigenvalue weighted by atomic mass is 9.97. The highest BCUT2D eigenvalue weighted by Gasteiger charge is 2.16. The summed E-state index contributed by atoms with van der Waals surface area (Å²) in [5, 5.41) is 3.07. The summed E-state index contributed by atoms with van der Waals surface area (Å²) in [6, 6.07) is 66.8. The van der Waals surface area contributed by atoms with Crippen LogP contribution in [0.1, 0.15) is 0 Å². The van der Waals surface area contributed by atoms with E-state index in [1.165, 1.54) is 32.9 Å². The summed E-state index contributed by atoms with van der Waals surface area (Å²) in [7, 11) is 0. The first kappa shape index (κ1) is 29.1. The van der Waals surface area contributed by atoms with E-state index in [-0.39, 0.29) is 0 Å². The standard InChI is InChI=1S/C46H31ClN2/c47-40-28-36(34-21-23-43-38(25-34)30-45(32-13-5-1-6-14-32)48(43)41-17-9-3-10-18-41)27-37(29-40)35-22-24-44-39(26-35)31-46(33-15-7-2-8-16-33)49(44)42-19-11-4-12-20-42/h1-31H. The first-order valence-corrected chi connectivity index (χ1v) is 16.9. The van der Waals surface area contributed by atoms with Crippen molar-refractivity contribution in [3.05, 3.63) is 193 Å². The Morgan fingerprint density at radius 3 is 1.10 bits per heavy atom. The van der Waals surface area contributed by atoms with Gasteiger partial charge in [-0.3, -0.25) is 0 Å². The number of rotatable bonds is 6. The third-order valence-electron chi connectivity index (χ3n) is 9.34. The van der Waals surface area contributed by atoms with Crippen LogP contribution in [0, 0.1) is 0 Å². The molecule has 0 aliphatic carbocycles. The van der Waals surface area contributed by atoms with Crippen molar-refractivity contribution in [2.24, 2.45) is 0 Å². The molecule has 0 amide bonds. The summed E-state index contributed by atoms with van der Waals surface area (Å²) in [6.07, 6.45) is 0. The van der Waals surface area contributed by atoms with Crippen LogP contribution in [-0.2, 0) is 0 Å². The average molecular weight is 647 g/mol. The van der Waals surface area contributed by atoms with E-state index < -0.39 is 0 Å². The van der Waals surface area contributed by atoms with Crippen molar-refractivity contribution in [3.8, 4) is 56.1 Å². The van der Waals surface area contributed by atoms with E-state index in [2.05, 4.69) is 197 Å². The predicted molar refractivity (Wildman–Crippen MR) is 207 cm³/mol. The monoisotopic (exact) mass is 646 g/mol. The largest absolute Gasteiger partial charge is 0.309 e. The molecule has 0 unspecified atom stereocenters. The molecule has 0 saturated heterocycles. The van der Waals surface area contributed by atoms with Gasteiger partial charge in [0.25, 0.3) is 0 Å². The van der Waals surface area contributed by atoms with Crippen molar-refractivity contribution in [2.75, 3.05) is 0 Å². The molecule has 0 aliphatic rings. The number of aromatic nitrogens is 2. The van der Waals surface area contributed by atoms with Crippen molar-refractivity contribution in [1.82, 2.24) is 9.13 Å². The highest BCUT2D eigenvalue weighted by molar-refractivity contribution is 6.31. The van der Waals surface area contributed by atoms with E-state index in [4.69, 9.17) is 11.6 Å². The highest BCUT2D eigenvalue weighted by Crippen LogP contribution is 2.38. The minimum Gasteiger partial charge on any atom is -0.309 e. The average Bonchev–Trinajstić information content (AvgIpc) is 3.74. The molecule has 0 fully saturated rings. The van der Waals surface area contributed by atoms with Crippen molar-refractivity contribution < 1.29 is 0 Å². The van der Waals surface area contributed by atoms with Gasteiger partial charge in [0, 0.05) is 27.2 Å². The van der Waals surface area contributed by atoms with Gasteiger partial charge in [0.15, 0.2) is 0 Å². The van der Waals surface area contributed by atoms with Crippen LogP contribution in [0.3, 0.4) is 0 Å². The minimum atomic E-state index is 0.714. The molecule has 0 atom stereocenters. The van der Waals surface area contributed by atoms with Crippen LogP contribution in [0.4, 0.5) is 0 Å². The summed E-state index contributed by atoms with van der Waals surface area (Å²) in [5.74, 6) is 0. The second kappa shape index (κ2) is 12.2. The molecule has 2 heterocycles. The number of para-hydroxylation sites is 2. The normalized spacial score (nSPS) is 11.4. The Labute approximate surface area is 290 Å². The summed E-state index contributed by atoms with van der Waals surface area (Å²) < 4.78 is 4.69. The van der Waals surface area contributed by atoms with Crippen LogP contribution in [0.5, 0.6) is 0 Å². The summed E-state index contributed by atoms with van der Waals surface area (Å²) in [5.41, 5.74) is 13.7. The zero-order chi connectivity index (χ0) is 32.7. The second-order valence-corrected chi connectivity index (χ2v) is 12.8. The SMILES string of the molecule is Clc1cc(-c2ccc3c(c2)cc(-c2ccccc2)n3-c2ccccc2)cc(-c2ccc3c(c2)cc(-c2ccccc2)n3-c2ccccc2)c1. The van der Waals surface area contributed by atoms with E-state index >= 15 is 0 Å². The van der Waals surface area contributed by atoms with E-state index in [0.29, 0.717) is 5.02 Å². The van der Waals surface area contributed by atoms with Crippen LogP contribution >= 0.6 is 11.6 Å². The predicted octanol–water partition coefficient (Wildman–Crippen LogP) is 12.9. The Balaban J connectivity index is 1.15. The van der Waals surface area contributed by atoms with Crippen LogP contribution in [0.15, 0.2) is 188 Å². The molecular weight excluding hydrogens is 616 g/mol. The second-order valence-electron chi connectivity index (χ2n) is 12.4. The zero-order valence-corrected chi connectivity index (χ0v) is 27.4. The Hall–Kier alpha value is -6.09. The van der Waals surface area contributed by atoms with Crippen molar-refractivity contribution >= 4 is 33.4 Å². The number of fused-ring (bicyclic) bond motifs is 2. The topological polar surface area (TPSA) is 9.86 Å². The maximum Gasteiger partial charge on any atom is 0.0540 e. The quantitative estimate of drug-likeness (QED) is 0.170. The van der Waals surface area contributed by atoms with E-state index in [9.17, 15) is 0 Å². The fourth-order valence-corrected chi connectivity index (χ4v) is 7.30. The summed E-state index contributed by atoms with van der Waals surface area (Å²) >= 11 is 6.86. The highest BCUT2D eigenvalue weighted by atomic mass is 35.5. The fraction of sp³-hybridized carbons (Fsp3) is 0. The Bertz CT molecular complexity index is 2400. The van der Waals surface area contributed by atoms with Gasteiger partial charge in [-0.1, -0.05) is 121 Å². The Morgan fingerprint density at radius 2 is 0.694 bits per heavy atom. The van der Waals surface area contributed by atoms with Crippen molar-refractivity contribution in [1.29, 1.82) is 0 Å². The lowest BCUT2D eigenvalue weighted by molar-refractivity contribution is 1.13. The molecule has 0 bridgehead atoms. The number of hydrogen-bond donors (Lipinski definition) is 0. The molecule has 3 heteroatoms. The van der Waals surface area contributed by atoms with Gasteiger partial charge >= 0.3 is 0 Å². The lowest BCUT2D eigenvalue weighted by Gasteiger charge is -2.12. The molecule has 49 heavy (non-hydrogen) atoms. The summed E-state index contributed by atoms with van der Waals surface area (Å²) in [4.78, 5) is 0. The van der Waals surface area contributed by atoms with Crippen LogP contribution < -0.4 is 0 Å². The first-order chi connectivity index (χ1) is 24.2. The van der Waals surface area contributed by atoms with Crippen molar-refractivity contribution in [3.63, 3.8) is 0 Å². The molecule has 2 nitrogen and oxygen atoms in total. The Kier molecular flexibility index (Phi) is 7.22. The zero-order valence-electron chi connectivity index (χ0n) is 26.7. The molecule has 9 aromatic rings. The first-order valence-electron chi connectivity index (χ1n) is 16.5. The number of nitrogens with zero attached hydrogens (tertiary/aromatic N) is 2. The molecule has 7 aromatic carbocycles. The third-order valence-corrected chi connectivity index (χ3v) is 9.55. The van der Waals surface area contributed by atoms with Gasteiger partial charge in [0.05, 0.1) is 22.4 Å². The molecule has 0 radical (unpaired) electrons. The third kappa shape index (κ3) is 5.33. The van der Waals surface area contributed by atoms with E-state index in [1.807, 2.05) is 0 Å². The molecule has 0 N–H and O–H groups in total. The van der Waals surface area contributed by atoms with Gasteiger partial charge in [0.1, 0.15) is 0 Å². The van der Waals surface area contributed by atoms with Gasteiger partial charge in [-0.25, -0.2) is 0 Å². The van der Waals surface area contributed by atoms with Gasteiger partial charge in [0.2, 0.25) is 0 Å². The molecule has 0 saturated carbocycles. The smallest absolute Gasteiger partial charge is 0.0540 e. The van der Waals surface area contributed by atoms with E-state index in [1.54, 1.807) is 0 Å². The van der Waals surface area contributed by atoms with Gasteiger partial charge < -0.3 is 9.13 Å². The minimum absolute atomic E-state index is 0.714. The summed E-state index contributed by atoms with van der Waals surface area (Å²) in [6.45, 7) is 0. The maximum absolute atomic E-state index is 6.86. The molecule has 232 valence electrons. The van der Waals surface area contributed by atoms with Gasteiger partial charge in [-0.05, 0) is 112 Å². The van der Waals surface area contributed by atoms with Crippen LogP contribution in [0.2, 0.25) is 5.02 Å². The number of hydrogen-bond acceptors (Lipinski definition) is 0. The molecule has 0 spiro atoms. The van der Waals surface area contributed by atoms with Gasteiger partial charge in [-0.2, -0.15) is 0 Å². The van der Waals surface area contributed by atoms with Crippen LogP contribution in [0.25, 0.3) is 77.9 Å². The number of halogens is 1. The molecule has 0 aliphatic heterocycles. The Morgan fingerprint density at radius 1 is 0.306 bits per heavy atom. The molecule has 2 aromatic heterocycles. The van der Waals surface area contributed by atoms with Crippen LogP contribution in [-0.4, -0.2) is 9.13 Å². The maximum atomic E-state index is 6.86. The molecule has 9 rings (SSSR count). The lowest BCUT2D eigenvalue weighted by Crippen LogP contribution is -1.96. The fourth-order valence-electron chi connectivity index (χ4n) is 7.07. The molecular formula is C46H31ClN2. The van der Waals surface area contributed by atoms with Crippen molar-refractivity contribution in [2.45, 2.75) is 0 Å². The number of benzene rings is 7.